The van der Waals surface area contributed by atoms with Crippen LogP contribution in [0.2, 0.25) is 0 Å². The van der Waals surface area contributed by atoms with E-state index in [4.69, 9.17) is 0 Å². The van der Waals surface area contributed by atoms with Crippen LogP contribution in [0.15, 0.2) is 115 Å². The summed E-state index contributed by atoms with van der Waals surface area (Å²) in [5.41, 5.74) is 4.58. The average molecular weight is 481 g/mol. The molecular weight excluding hydrogens is 462 g/mol. The Morgan fingerprint density at radius 2 is 1.00 bits per heavy atom. The molecule has 0 bridgehead atoms. The van der Waals surface area contributed by atoms with Crippen LogP contribution in [0.3, 0.4) is 0 Å². The zero-order valence-corrected chi connectivity index (χ0v) is 18.9. The highest BCUT2D eigenvalue weighted by molar-refractivity contribution is 6.11. The summed E-state index contributed by atoms with van der Waals surface area (Å²) in [6, 6.07) is 34.3. The van der Waals surface area contributed by atoms with Crippen molar-refractivity contribution < 1.29 is 17.6 Å². The topological polar surface area (TPSA) is 4.93 Å². The molecule has 0 unspecified atom stereocenters. The van der Waals surface area contributed by atoms with E-state index >= 15 is 4.39 Å². The maximum absolute atomic E-state index is 15.2. The summed E-state index contributed by atoms with van der Waals surface area (Å²) >= 11 is 0. The van der Waals surface area contributed by atoms with Crippen LogP contribution in [0.5, 0.6) is 0 Å². The number of rotatable bonds is 3. The lowest BCUT2D eigenvalue weighted by atomic mass is 10.0. The molecule has 0 saturated heterocycles. The highest BCUT2D eigenvalue weighted by Gasteiger charge is 2.31. The summed E-state index contributed by atoms with van der Waals surface area (Å²) in [5.74, 6) is -0.928. The van der Waals surface area contributed by atoms with Gasteiger partial charge in [0.1, 0.15) is 5.82 Å². The van der Waals surface area contributed by atoms with Crippen LogP contribution < -0.4 is 0 Å². The van der Waals surface area contributed by atoms with Gasteiger partial charge in [-0.25, -0.2) is 4.39 Å². The van der Waals surface area contributed by atoms with E-state index < -0.39 is 17.6 Å². The SMILES string of the molecule is Fc1cc(C(F)(F)F)ccc1-n1c2ccc(-c3ccccc3)cc2c2cc(-c3ccccc3)ccc21. The molecule has 0 N–H and O–H groups in total. The van der Waals surface area contributed by atoms with Gasteiger partial charge in [-0.05, 0) is 64.7 Å². The lowest BCUT2D eigenvalue weighted by molar-refractivity contribution is -0.137. The number of fused-ring (bicyclic) bond motifs is 3. The minimum absolute atomic E-state index is 0.0722. The van der Waals surface area contributed by atoms with Gasteiger partial charge in [0.25, 0.3) is 0 Å². The summed E-state index contributed by atoms with van der Waals surface area (Å²) in [5, 5.41) is 1.78. The number of alkyl halides is 3. The summed E-state index contributed by atoms with van der Waals surface area (Å²) in [7, 11) is 0. The highest BCUT2D eigenvalue weighted by Crippen LogP contribution is 2.38. The predicted molar refractivity (Wildman–Crippen MR) is 137 cm³/mol. The third kappa shape index (κ3) is 3.73. The molecule has 6 rings (SSSR count). The van der Waals surface area contributed by atoms with E-state index in [1.807, 2.05) is 84.9 Å². The largest absolute Gasteiger partial charge is 0.416 e. The first kappa shape index (κ1) is 22.1. The van der Waals surface area contributed by atoms with Crippen molar-refractivity contribution in [2.75, 3.05) is 0 Å². The predicted octanol–water partition coefficient (Wildman–Crippen LogP) is 9.28. The Morgan fingerprint density at radius 1 is 0.500 bits per heavy atom. The minimum atomic E-state index is -4.62. The Kier molecular flexibility index (Phi) is 5.15. The molecule has 0 aliphatic carbocycles. The van der Waals surface area contributed by atoms with Gasteiger partial charge in [-0.15, -0.1) is 0 Å². The number of hydrogen-bond acceptors (Lipinski definition) is 0. The average Bonchev–Trinajstić information content (AvgIpc) is 3.22. The van der Waals surface area contributed by atoms with E-state index in [9.17, 15) is 13.2 Å². The molecule has 0 spiro atoms. The van der Waals surface area contributed by atoms with Crippen LogP contribution in [-0.4, -0.2) is 4.57 Å². The van der Waals surface area contributed by atoms with Gasteiger partial charge in [-0.3, -0.25) is 0 Å². The van der Waals surface area contributed by atoms with Crippen molar-refractivity contribution in [2.45, 2.75) is 6.18 Å². The lowest BCUT2D eigenvalue weighted by Crippen LogP contribution is -2.07. The first-order valence-electron chi connectivity index (χ1n) is 11.5. The number of aromatic nitrogens is 1. The van der Waals surface area contributed by atoms with E-state index in [0.29, 0.717) is 17.1 Å². The fourth-order valence-corrected chi connectivity index (χ4v) is 4.77. The summed E-state index contributed by atoms with van der Waals surface area (Å²) < 4.78 is 56.4. The molecular formula is C31H19F4N. The van der Waals surface area contributed by atoms with Crippen LogP contribution in [0.1, 0.15) is 5.56 Å². The Hall–Kier alpha value is -4.38. The Bertz CT molecular complexity index is 1620. The Morgan fingerprint density at radius 3 is 1.44 bits per heavy atom. The summed E-state index contributed by atoms with van der Waals surface area (Å²) in [4.78, 5) is 0. The van der Waals surface area contributed by atoms with Gasteiger partial charge in [0.15, 0.2) is 0 Å². The second kappa shape index (κ2) is 8.38. The summed E-state index contributed by atoms with van der Waals surface area (Å²) in [6.45, 7) is 0. The molecule has 6 aromatic rings. The zero-order valence-electron chi connectivity index (χ0n) is 18.9. The maximum Gasteiger partial charge on any atom is 0.416 e. The smallest absolute Gasteiger partial charge is 0.306 e. The lowest BCUT2D eigenvalue weighted by Gasteiger charge is -2.12. The van der Waals surface area contributed by atoms with E-state index in [1.165, 1.54) is 6.07 Å². The van der Waals surface area contributed by atoms with Gasteiger partial charge >= 0.3 is 6.18 Å². The third-order valence-electron chi connectivity index (χ3n) is 6.50. The van der Waals surface area contributed by atoms with E-state index in [1.54, 1.807) is 4.57 Å². The molecule has 1 heterocycles. The van der Waals surface area contributed by atoms with Crippen LogP contribution in [0.25, 0.3) is 49.7 Å². The molecule has 1 nitrogen and oxygen atoms in total. The molecule has 5 heteroatoms. The molecule has 0 aliphatic heterocycles. The third-order valence-corrected chi connectivity index (χ3v) is 6.50. The Labute approximate surface area is 204 Å². The fourth-order valence-electron chi connectivity index (χ4n) is 4.77. The van der Waals surface area contributed by atoms with E-state index in [0.717, 1.165) is 39.1 Å². The van der Waals surface area contributed by atoms with Crippen molar-refractivity contribution >= 4 is 21.8 Å². The molecule has 1 aromatic heterocycles. The van der Waals surface area contributed by atoms with Crippen LogP contribution in [0, 0.1) is 5.82 Å². The maximum atomic E-state index is 15.2. The molecule has 0 atom stereocenters. The highest BCUT2D eigenvalue weighted by atomic mass is 19.4. The molecule has 0 fully saturated rings. The first-order valence-corrected chi connectivity index (χ1v) is 11.5. The number of hydrogen-bond donors (Lipinski definition) is 0. The van der Waals surface area contributed by atoms with Crippen LogP contribution in [-0.2, 0) is 6.18 Å². The molecule has 0 amide bonds. The number of benzene rings is 5. The Balaban J connectivity index is 1.64. The van der Waals surface area contributed by atoms with Gasteiger partial charge in [-0.2, -0.15) is 13.2 Å². The van der Waals surface area contributed by atoms with Crippen LogP contribution in [0.4, 0.5) is 17.6 Å². The molecule has 0 radical (unpaired) electrons. The van der Waals surface area contributed by atoms with Crippen molar-refractivity contribution in [3.63, 3.8) is 0 Å². The molecule has 36 heavy (non-hydrogen) atoms. The van der Waals surface area contributed by atoms with Gasteiger partial charge in [0.05, 0.1) is 22.3 Å². The van der Waals surface area contributed by atoms with Crippen molar-refractivity contribution in [2.24, 2.45) is 0 Å². The normalized spacial score (nSPS) is 11.9. The van der Waals surface area contributed by atoms with Gasteiger partial charge in [-0.1, -0.05) is 72.8 Å². The van der Waals surface area contributed by atoms with Crippen molar-refractivity contribution in [3.8, 4) is 27.9 Å². The van der Waals surface area contributed by atoms with Crippen molar-refractivity contribution in [1.29, 1.82) is 0 Å². The monoisotopic (exact) mass is 481 g/mol. The second-order valence-electron chi connectivity index (χ2n) is 8.70. The van der Waals surface area contributed by atoms with Gasteiger partial charge in [0, 0.05) is 10.8 Å². The minimum Gasteiger partial charge on any atom is -0.306 e. The second-order valence-corrected chi connectivity index (χ2v) is 8.70. The first-order chi connectivity index (χ1) is 17.4. The molecule has 176 valence electrons. The zero-order chi connectivity index (χ0) is 24.9. The standard InChI is InChI=1S/C31H19F4N/c32-27-19-24(31(33,34)35)13-16-30(27)36-28-14-11-22(20-7-3-1-4-8-20)17-25(28)26-18-23(12-15-29(26)36)21-9-5-2-6-10-21/h1-19H. The molecule has 5 aromatic carbocycles. The summed E-state index contributed by atoms with van der Waals surface area (Å²) in [6.07, 6.45) is -4.62. The quantitative estimate of drug-likeness (QED) is 0.222. The van der Waals surface area contributed by atoms with Crippen LogP contribution >= 0.6 is 0 Å². The number of halogens is 4. The van der Waals surface area contributed by atoms with E-state index in [2.05, 4.69) is 12.1 Å². The van der Waals surface area contributed by atoms with Crippen molar-refractivity contribution in [3.05, 3.63) is 127 Å². The van der Waals surface area contributed by atoms with Gasteiger partial charge in [0.2, 0.25) is 0 Å². The molecule has 0 saturated carbocycles. The van der Waals surface area contributed by atoms with E-state index in [-0.39, 0.29) is 5.69 Å². The molecule has 0 aliphatic rings. The fraction of sp³-hybridized carbons (Fsp3) is 0.0323. The number of nitrogens with zero attached hydrogens (tertiary/aromatic N) is 1. The van der Waals surface area contributed by atoms with Gasteiger partial charge < -0.3 is 4.57 Å². The van der Waals surface area contributed by atoms with Crippen molar-refractivity contribution in [1.82, 2.24) is 4.57 Å².